The third kappa shape index (κ3) is 1.62. The fourth-order valence-electron chi connectivity index (χ4n) is 8.94. The molecule has 2 heterocycles. The van der Waals surface area contributed by atoms with Crippen LogP contribution in [0.15, 0.2) is 36.7 Å². The van der Waals surface area contributed by atoms with Gasteiger partial charge in [-0.25, -0.2) is 14.1 Å². The summed E-state index contributed by atoms with van der Waals surface area (Å²) >= 11 is 0. The van der Waals surface area contributed by atoms with E-state index in [1.54, 1.807) is 24.5 Å². The van der Waals surface area contributed by atoms with Crippen molar-refractivity contribution in [1.82, 2.24) is 14.8 Å². The summed E-state index contributed by atoms with van der Waals surface area (Å²) in [5.74, 6) is 1.76. The van der Waals surface area contributed by atoms with Crippen LogP contribution in [0.25, 0.3) is 16.7 Å². The summed E-state index contributed by atoms with van der Waals surface area (Å²) in [6, 6.07) is 6.59. The zero-order chi connectivity index (χ0) is 23.3. The van der Waals surface area contributed by atoms with Crippen LogP contribution >= 0.6 is 0 Å². The smallest absolute Gasteiger partial charge is 0.312 e. The number of esters is 1. The van der Waals surface area contributed by atoms with Crippen LogP contribution in [0.4, 0.5) is 10.1 Å². The lowest BCUT2D eigenvalue weighted by atomic mass is 8.92. The molecule has 0 saturated heterocycles. The number of aromatic nitrogens is 3. The Morgan fingerprint density at radius 3 is 2.41 bits per heavy atom. The average molecular weight is 458 g/mol. The SMILES string of the molecule is COC(=O)C12C3C4C1C1C2C3C41C(=O)Nc1ccc(F)c(-n2cc3cc(C(C)C)cnc3n2)c1. The highest BCUT2D eigenvalue weighted by Gasteiger charge is 3.13. The number of carbonyl (C=O) groups is 2. The highest BCUT2D eigenvalue weighted by atomic mass is 19.1. The van der Waals surface area contributed by atoms with Gasteiger partial charge in [0.15, 0.2) is 5.65 Å². The minimum absolute atomic E-state index is 0.0147. The van der Waals surface area contributed by atoms with Crippen molar-refractivity contribution < 1.29 is 18.7 Å². The Bertz CT molecular complexity index is 1420. The van der Waals surface area contributed by atoms with Gasteiger partial charge in [-0.05, 0) is 71.3 Å². The van der Waals surface area contributed by atoms with Crippen LogP contribution in [0.2, 0.25) is 0 Å². The molecule has 6 fully saturated rings. The molecule has 1 aromatic carbocycles. The summed E-state index contributed by atoms with van der Waals surface area (Å²) in [6.07, 6.45) is 3.56. The third-order valence-corrected chi connectivity index (χ3v) is 10.1. The van der Waals surface area contributed by atoms with Crippen molar-refractivity contribution in [2.75, 3.05) is 12.4 Å². The Kier molecular flexibility index (Phi) is 3.09. The maximum Gasteiger partial charge on any atom is 0.312 e. The number of hydrogen-bond donors (Lipinski definition) is 1. The van der Waals surface area contributed by atoms with Gasteiger partial charge in [0.05, 0.1) is 17.9 Å². The Labute approximate surface area is 194 Å². The van der Waals surface area contributed by atoms with Crippen molar-refractivity contribution in [2.24, 2.45) is 46.3 Å². The second-order valence-corrected chi connectivity index (χ2v) is 11.0. The van der Waals surface area contributed by atoms with Crippen molar-refractivity contribution in [1.29, 1.82) is 0 Å². The lowest BCUT2D eigenvalue weighted by molar-refractivity contribution is -0.625. The molecule has 6 aliphatic rings. The van der Waals surface area contributed by atoms with Crippen LogP contribution in [0.1, 0.15) is 25.3 Å². The predicted octanol–water partition coefficient (Wildman–Crippen LogP) is 3.53. The fraction of sp³-hybridized carbons (Fsp3) is 0.462. The Morgan fingerprint density at radius 1 is 1.09 bits per heavy atom. The van der Waals surface area contributed by atoms with Gasteiger partial charge < -0.3 is 10.1 Å². The molecular formula is C26H23FN4O3. The molecule has 6 aliphatic carbocycles. The number of anilines is 1. The molecule has 34 heavy (non-hydrogen) atoms. The lowest BCUT2D eigenvalue weighted by Gasteiger charge is -3.09. The van der Waals surface area contributed by atoms with Gasteiger partial charge in [-0.15, -0.1) is 5.10 Å². The van der Waals surface area contributed by atoms with Crippen LogP contribution in [0.3, 0.4) is 0 Å². The first kappa shape index (κ1) is 19.1. The molecular weight excluding hydrogens is 435 g/mol. The molecule has 8 heteroatoms. The molecule has 7 nitrogen and oxygen atoms in total. The Hall–Kier alpha value is -3.29. The number of nitrogens with zero attached hydrogens (tertiary/aromatic N) is 3. The van der Waals surface area contributed by atoms with Gasteiger partial charge in [0.25, 0.3) is 0 Å². The largest absolute Gasteiger partial charge is 0.469 e. The number of benzene rings is 1. The number of ether oxygens (including phenoxy) is 1. The molecule has 2 aromatic heterocycles. The number of fused-ring (bicyclic) bond motifs is 1. The number of carbonyl (C=O) groups excluding carboxylic acids is 2. The minimum atomic E-state index is -0.425. The summed E-state index contributed by atoms with van der Waals surface area (Å²) in [4.78, 5) is 30.1. The maximum absolute atomic E-state index is 14.8. The highest BCUT2D eigenvalue weighted by molar-refractivity contribution is 6.04. The van der Waals surface area contributed by atoms with E-state index < -0.39 is 5.82 Å². The summed E-state index contributed by atoms with van der Waals surface area (Å²) in [7, 11) is 1.46. The molecule has 0 bridgehead atoms. The molecule has 3 aromatic rings. The molecule has 9 rings (SSSR count). The van der Waals surface area contributed by atoms with E-state index in [4.69, 9.17) is 4.74 Å². The molecule has 1 N–H and O–H groups in total. The van der Waals surface area contributed by atoms with Crippen molar-refractivity contribution in [3.63, 3.8) is 0 Å². The molecule has 0 aliphatic heterocycles. The van der Waals surface area contributed by atoms with Gasteiger partial charge in [-0.1, -0.05) is 13.8 Å². The van der Waals surface area contributed by atoms with E-state index in [9.17, 15) is 14.0 Å². The topological polar surface area (TPSA) is 86.1 Å². The van der Waals surface area contributed by atoms with Crippen LogP contribution in [-0.2, 0) is 14.3 Å². The van der Waals surface area contributed by atoms with Crippen molar-refractivity contribution in [3.05, 3.63) is 48.0 Å². The number of pyridine rings is 1. The standard InChI is InChI=1S/C26H23FN4O3/c1-10(2)11-6-12-9-31(30-22(12)28-8-11)15-7-13(4-5-14(15)27)29-23(32)25-16-19-17(25)21-18(25)20(16)26(19,21)24(33)34-3/h4-10,16-21H,1-3H3,(H,29,32). The first-order valence-electron chi connectivity index (χ1n) is 11.9. The maximum atomic E-state index is 14.8. The van der Waals surface area contributed by atoms with Crippen molar-refractivity contribution in [2.45, 2.75) is 19.8 Å². The Morgan fingerprint density at radius 2 is 1.76 bits per heavy atom. The highest BCUT2D eigenvalue weighted by Crippen LogP contribution is 3.10. The normalized spacial score (nSPS) is 38.7. The molecule has 0 unspecified atom stereocenters. The zero-order valence-corrected chi connectivity index (χ0v) is 18.9. The van der Waals surface area contributed by atoms with Gasteiger partial charge in [0, 0.05) is 23.5 Å². The van der Waals surface area contributed by atoms with Gasteiger partial charge in [-0.2, -0.15) is 0 Å². The van der Waals surface area contributed by atoms with Gasteiger partial charge in [0.2, 0.25) is 5.91 Å². The van der Waals surface area contributed by atoms with Crippen LogP contribution in [0.5, 0.6) is 0 Å². The lowest BCUT2D eigenvalue weighted by Crippen LogP contribution is -3.12. The predicted molar refractivity (Wildman–Crippen MR) is 119 cm³/mol. The van der Waals surface area contributed by atoms with Crippen molar-refractivity contribution >= 4 is 28.6 Å². The molecule has 172 valence electrons. The van der Waals surface area contributed by atoms with Crippen molar-refractivity contribution in [3.8, 4) is 5.69 Å². The van der Waals surface area contributed by atoms with E-state index in [0.29, 0.717) is 52.8 Å². The number of nitrogens with one attached hydrogen (secondary N) is 1. The summed E-state index contributed by atoms with van der Waals surface area (Å²) < 4.78 is 21.3. The number of methoxy groups -OCH3 is 1. The number of hydrogen-bond acceptors (Lipinski definition) is 5. The van der Waals surface area contributed by atoms with Gasteiger partial charge in [-0.3, -0.25) is 9.59 Å². The van der Waals surface area contributed by atoms with E-state index in [0.717, 1.165) is 10.9 Å². The number of amides is 1. The molecule has 6 saturated carbocycles. The third-order valence-electron chi connectivity index (χ3n) is 10.1. The average Bonchev–Trinajstić information content (AvgIpc) is 3.27. The van der Waals surface area contributed by atoms with Crippen LogP contribution < -0.4 is 5.32 Å². The van der Waals surface area contributed by atoms with Gasteiger partial charge in [0.1, 0.15) is 11.5 Å². The number of halogens is 1. The minimum Gasteiger partial charge on any atom is -0.469 e. The first-order chi connectivity index (χ1) is 16.4. The molecule has 0 atom stereocenters. The molecule has 0 radical (unpaired) electrons. The van der Waals surface area contributed by atoms with Crippen LogP contribution in [0, 0.1) is 52.2 Å². The van der Waals surface area contributed by atoms with E-state index in [2.05, 4.69) is 29.2 Å². The second-order valence-electron chi connectivity index (χ2n) is 11.0. The quantitative estimate of drug-likeness (QED) is 0.591. The Balaban J connectivity index is 1.06. The molecule has 0 spiro atoms. The van der Waals surface area contributed by atoms with E-state index in [1.807, 2.05) is 6.07 Å². The van der Waals surface area contributed by atoms with E-state index in [1.165, 1.54) is 17.9 Å². The summed E-state index contributed by atoms with van der Waals surface area (Å²) in [5.41, 5.74) is 1.88. The number of rotatable bonds is 5. The summed E-state index contributed by atoms with van der Waals surface area (Å²) in [5, 5.41) is 8.33. The van der Waals surface area contributed by atoms with E-state index >= 15 is 0 Å². The first-order valence-corrected chi connectivity index (χ1v) is 11.9. The van der Waals surface area contributed by atoms with Gasteiger partial charge >= 0.3 is 5.97 Å². The monoisotopic (exact) mass is 458 g/mol. The zero-order valence-electron chi connectivity index (χ0n) is 18.9. The second kappa shape index (κ2) is 5.50. The fourth-order valence-corrected chi connectivity index (χ4v) is 8.94. The molecule has 1 amide bonds. The van der Waals surface area contributed by atoms with E-state index in [-0.39, 0.29) is 28.4 Å². The summed E-state index contributed by atoms with van der Waals surface area (Å²) in [6.45, 7) is 4.19. The van der Waals surface area contributed by atoms with Crippen LogP contribution in [-0.4, -0.2) is 33.8 Å².